The van der Waals surface area contributed by atoms with Gasteiger partial charge in [-0.05, 0) is 25.8 Å². The third-order valence-electron chi connectivity index (χ3n) is 2.02. The molecular weight excluding hydrogens is 150 g/mol. The molecule has 1 heterocycles. The Morgan fingerprint density at radius 1 is 1.58 bits per heavy atom. The van der Waals surface area contributed by atoms with Gasteiger partial charge in [-0.15, -0.1) is 0 Å². The van der Waals surface area contributed by atoms with E-state index < -0.39 is 0 Å². The Labute approximate surface area is 72.1 Å². The van der Waals surface area contributed by atoms with Crippen LogP contribution >= 0.6 is 0 Å². The minimum Gasteiger partial charge on any atom is -0.397 e. The van der Waals surface area contributed by atoms with E-state index in [9.17, 15) is 0 Å². The van der Waals surface area contributed by atoms with Crippen molar-refractivity contribution in [1.82, 2.24) is 5.32 Å². The Hall–Kier alpha value is -1.25. The second kappa shape index (κ2) is 2.66. The molecule has 0 aromatic rings. The Bertz CT molecular complexity index is 282. The third-order valence-corrected chi connectivity index (χ3v) is 2.02. The highest BCUT2D eigenvalue weighted by atomic mass is 15.0. The van der Waals surface area contributed by atoms with E-state index in [0.717, 1.165) is 17.2 Å². The zero-order valence-corrected chi connectivity index (χ0v) is 7.17. The SMILES string of the molecule is CC1=CC(N)=CNC(C2CC2)=N1. The van der Waals surface area contributed by atoms with Crippen LogP contribution in [0.2, 0.25) is 0 Å². The van der Waals surface area contributed by atoms with Crippen LogP contribution in [0.5, 0.6) is 0 Å². The Balaban J connectivity index is 2.22. The molecule has 1 aliphatic carbocycles. The van der Waals surface area contributed by atoms with E-state index in [2.05, 4.69) is 10.3 Å². The van der Waals surface area contributed by atoms with Gasteiger partial charge in [-0.2, -0.15) is 0 Å². The quantitative estimate of drug-likeness (QED) is 0.608. The minimum atomic E-state index is 0.649. The highest BCUT2D eigenvalue weighted by Gasteiger charge is 2.27. The molecule has 0 bridgehead atoms. The van der Waals surface area contributed by atoms with Crippen LogP contribution in [0, 0.1) is 5.92 Å². The molecule has 3 heteroatoms. The fourth-order valence-electron chi connectivity index (χ4n) is 1.26. The standard InChI is InChI=1S/C9H13N3/c1-6-4-8(10)5-11-9(12-6)7-2-3-7/h4-5,7H,2-3,10H2,1H3,(H,11,12). The van der Waals surface area contributed by atoms with Crippen LogP contribution in [0.25, 0.3) is 0 Å². The number of nitrogens with one attached hydrogen (secondary N) is 1. The van der Waals surface area contributed by atoms with Gasteiger partial charge >= 0.3 is 0 Å². The van der Waals surface area contributed by atoms with Crippen LogP contribution < -0.4 is 11.1 Å². The van der Waals surface area contributed by atoms with Gasteiger partial charge in [0.25, 0.3) is 0 Å². The Morgan fingerprint density at radius 3 is 3.00 bits per heavy atom. The molecule has 0 aromatic heterocycles. The summed E-state index contributed by atoms with van der Waals surface area (Å²) in [5, 5.41) is 3.13. The highest BCUT2D eigenvalue weighted by Crippen LogP contribution is 2.30. The first-order chi connectivity index (χ1) is 5.75. The maximum absolute atomic E-state index is 5.66. The van der Waals surface area contributed by atoms with Crippen LogP contribution in [0.3, 0.4) is 0 Å². The molecule has 1 fully saturated rings. The van der Waals surface area contributed by atoms with Gasteiger partial charge in [0.1, 0.15) is 5.84 Å². The summed E-state index contributed by atoms with van der Waals surface area (Å²) < 4.78 is 0. The van der Waals surface area contributed by atoms with Crippen molar-refractivity contribution < 1.29 is 0 Å². The van der Waals surface area contributed by atoms with Crippen molar-refractivity contribution in [3.05, 3.63) is 23.7 Å². The van der Waals surface area contributed by atoms with Crippen molar-refractivity contribution >= 4 is 5.84 Å². The van der Waals surface area contributed by atoms with E-state index in [-0.39, 0.29) is 0 Å². The van der Waals surface area contributed by atoms with Crippen molar-refractivity contribution in [1.29, 1.82) is 0 Å². The molecule has 2 rings (SSSR count). The van der Waals surface area contributed by atoms with Gasteiger partial charge in [-0.3, -0.25) is 0 Å². The van der Waals surface area contributed by atoms with Crippen molar-refractivity contribution in [3.8, 4) is 0 Å². The van der Waals surface area contributed by atoms with Crippen molar-refractivity contribution in [2.75, 3.05) is 0 Å². The molecule has 0 unspecified atom stereocenters. The number of hydrogen-bond acceptors (Lipinski definition) is 3. The van der Waals surface area contributed by atoms with E-state index >= 15 is 0 Å². The number of amidine groups is 1. The third kappa shape index (κ3) is 1.49. The maximum Gasteiger partial charge on any atom is 0.109 e. The van der Waals surface area contributed by atoms with Crippen molar-refractivity contribution in [2.45, 2.75) is 19.8 Å². The second-order valence-electron chi connectivity index (χ2n) is 3.35. The molecule has 1 saturated carbocycles. The van der Waals surface area contributed by atoms with E-state index in [1.807, 2.05) is 19.2 Å². The van der Waals surface area contributed by atoms with Crippen molar-refractivity contribution in [2.24, 2.45) is 16.6 Å². The maximum atomic E-state index is 5.66. The lowest BCUT2D eigenvalue weighted by Crippen LogP contribution is -2.19. The molecule has 0 radical (unpaired) electrons. The van der Waals surface area contributed by atoms with Gasteiger partial charge in [0.2, 0.25) is 0 Å². The van der Waals surface area contributed by atoms with Gasteiger partial charge in [-0.1, -0.05) is 0 Å². The smallest absolute Gasteiger partial charge is 0.109 e. The molecule has 64 valence electrons. The summed E-state index contributed by atoms with van der Waals surface area (Å²) in [6, 6.07) is 0. The number of nitrogens with two attached hydrogens (primary N) is 1. The number of hydrogen-bond donors (Lipinski definition) is 2. The molecule has 3 nitrogen and oxygen atoms in total. The summed E-state index contributed by atoms with van der Waals surface area (Å²) in [6.45, 7) is 1.97. The molecule has 3 N–H and O–H groups in total. The first-order valence-electron chi connectivity index (χ1n) is 4.25. The lowest BCUT2D eigenvalue weighted by molar-refractivity contribution is 1.06. The van der Waals surface area contributed by atoms with E-state index in [1.165, 1.54) is 12.8 Å². The zero-order chi connectivity index (χ0) is 8.55. The summed E-state index contributed by atoms with van der Waals surface area (Å²) in [7, 11) is 0. The zero-order valence-electron chi connectivity index (χ0n) is 7.17. The number of rotatable bonds is 1. The molecule has 2 aliphatic rings. The lowest BCUT2D eigenvalue weighted by atomic mass is 10.4. The fraction of sp³-hybridized carbons (Fsp3) is 0.444. The molecule has 0 spiro atoms. The van der Waals surface area contributed by atoms with Gasteiger partial charge < -0.3 is 11.1 Å². The summed E-state index contributed by atoms with van der Waals surface area (Å²) in [4.78, 5) is 4.42. The van der Waals surface area contributed by atoms with Crippen LogP contribution in [0.1, 0.15) is 19.8 Å². The summed E-state index contributed by atoms with van der Waals surface area (Å²) in [5.74, 6) is 1.72. The number of nitrogens with zero attached hydrogens (tertiary/aromatic N) is 1. The van der Waals surface area contributed by atoms with Crippen LogP contribution in [-0.2, 0) is 0 Å². The Morgan fingerprint density at radius 2 is 2.33 bits per heavy atom. The van der Waals surface area contributed by atoms with Crippen LogP contribution in [0.15, 0.2) is 28.7 Å². The highest BCUT2D eigenvalue weighted by molar-refractivity contribution is 5.88. The fourth-order valence-corrected chi connectivity index (χ4v) is 1.26. The van der Waals surface area contributed by atoms with Gasteiger partial charge in [-0.25, -0.2) is 4.99 Å². The largest absolute Gasteiger partial charge is 0.397 e. The average Bonchev–Trinajstić information content (AvgIpc) is 2.76. The predicted octanol–water partition coefficient (Wildman–Crippen LogP) is 1.10. The summed E-state index contributed by atoms with van der Waals surface area (Å²) >= 11 is 0. The molecular formula is C9H13N3. The first kappa shape index (κ1) is 7.40. The Kier molecular flexibility index (Phi) is 1.64. The number of aliphatic imine (C=N–C) groups is 1. The van der Waals surface area contributed by atoms with E-state index in [4.69, 9.17) is 5.73 Å². The average molecular weight is 163 g/mol. The molecule has 12 heavy (non-hydrogen) atoms. The summed E-state index contributed by atoms with van der Waals surface area (Å²) in [6.07, 6.45) is 6.20. The molecule has 0 amide bonds. The topological polar surface area (TPSA) is 50.4 Å². The molecule has 0 atom stereocenters. The lowest BCUT2D eigenvalue weighted by Gasteiger charge is -2.01. The van der Waals surface area contributed by atoms with E-state index in [1.54, 1.807) is 0 Å². The predicted molar refractivity (Wildman–Crippen MR) is 49.3 cm³/mol. The van der Waals surface area contributed by atoms with Crippen LogP contribution in [0.4, 0.5) is 0 Å². The molecule has 0 saturated heterocycles. The van der Waals surface area contributed by atoms with Gasteiger partial charge in [0.05, 0.1) is 0 Å². The minimum absolute atomic E-state index is 0.649. The van der Waals surface area contributed by atoms with Gasteiger partial charge in [0, 0.05) is 23.5 Å². The molecule has 0 aromatic carbocycles. The van der Waals surface area contributed by atoms with Gasteiger partial charge in [0.15, 0.2) is 0 Å². The second-order valence-corrected chi connectivity index (χ2v) is 3.35. The first-order valence-corrected chi connectivity index (χ1v) is 4.25. The van der Waals surface area contributed by atoms with Crippen LogP contribution in [-0.4, -0.2) is 5.84 Å². The van der Waals surface area contributed by atoms with Crippen molar-refractivity contribution in [3.63, 3.8) is 0 Å². The normalized spacial score (nSPS) is 23.2. The van der Waals surface area contributed by atoms with E-state index in [0.29, 0.717) is 5.92 Å². The molecule has 1 aliphatic heterocycles. The summed E-state index contributed by atoms with van der Waals surface area (Å²) in [5.41, 5.74) is 7.38. The monoisotopic (exact) mass is 163 g/mol. The number of allylic oxidation sites excluding steroid dienone is 2.